The van der Waals surface area contributed by atoms with Crippen molar-refractivity contribution in [3.63, 3.8) is 0 Å². The molecule has 1 N–H and O–H groups in total. The molecular formula is C22H19F2NO4. The minimum atomic E-state index is -3.02. The van der Waals surface area contributed by atoms with Gasteiger partial charge in [0.05, 0.1) is 12.1 Å². The first kappa shape index (κ1) is 20.3. The number of esters is 1. The predicted molar refractivity (Wildman–Crippen MR) is 105 cm³/mol. The smallest absolute Gasteiger partial charge is 0.387 e. The SMILES string of the molecule is C[C@@H](OC(=O)Cc1ccc2ccccc2c1)C(=O)Nc1ccccc1OC(F)F. The first-order valence-electron chi connectivity index (χ1n) is 8.94. The first-order chi connectivity index (χ1) is 13.9. The van der Waals surface area contributed by atoms with Gasteiger partial charge in [-0.05, 0) is 35.4 Å². The van der Waals surface area contributed by atoms with Gasteiger partial charge in [-0.2, -0.15) is 8.78 Å². The number of halogens is 2. The number of para-hydroxylation sites is 2. The van der Waals surface area contributed by atoms with Gasteiger partial charge in [0, 0.05) is 0 Å². The van der Waals surface area contributed by atoms with Gasteiger partial charge in [-0.1, -0.05) is 54.6 Å². The van der Waals surface area contributed by atoms with Gasteiger partial charge in [0.1, 0.15) is 5.75 Å². The zero-order valence-corrected chi connectivity index (χ0v) is 15.6. The summed E-state index contributed by atoms with van der Waals surface area (Å²) in [5, 5.41) is 4.49. The highest BCUT2D eigenvalue weighted by Gasteiger charge is 2.20. The van der Waals surface area contributed by atoms with E-state index in [1.54, 1.807) is 6.07 Å². The molecule has 0 saturated carbocycles. The van der Waals surface area contributed by atoms with Gasteiger partial charge in [0.25, 0.3) is 5.91 Å². The average Bonchev–Trinajstić information content (AvgIpc) is 2.68. The van der Waals surface area contributed by atoms with E-state index in [0.717, 1.165) is 16.3 Å². The van der Waals surface area contributed by atoms with E-state index in [-0.39, 0.29) is 17.9 Å². The number of ether oxygens (including phenoxy) is 2. The Morgan fingerprint density at radius 2 is 1.66 bits per heavy atom. The highest BCUT2D eigenvalue weighted by Crippen LogP contribution is 2.25. The Balaban J connectivity index is 1.59. The maximum Gasteiger partial charge on any atom is 0.387 e. The lowest BCUT2D eigenvalue weighted by atomic mass is 10.1. The molecule has 0 unspecified atom stereocenters. The number of hydrogen-bond acceptors (Lipinski definition) is 4. The molecule has 5 nitrogen and oxygen atoms in total. The fraction of sp³-hybridized carbons (Fsp3) is 0.182. The van der Waals surface area contributed by atoms with E-state index in [9.17, 15) is 18.4 Å². The van der Waals surface area contributed by atoms with Gasteiger partial charge in [-0.25, -0.2) is 0 Å². The van der Waals surface area contributed by atoms with E-state index in [1.807, 2.05) is 42.5 Å². The van der Waals surface area contributed by atoms with Crippen LogP contribution >= 0.6 is 0 Å². The van der Waals surface area contributed by atoms with Crippen molar-refractivity contribution in [1.29, 1.82) is 0 Å². The fourth-order valence-corrected chi connectivity index (χ4v) is 2.81. The summed E-state index contributed by atoms with van der Waals surface area (Å²) in [5.41, 5.74) is 0.826. The molecule has 0 saturated heterocycles. The number of rotatable bonds is 7. The molecule has 0 aliphatic carbocycles. The van der Waals surface area contributed by atoms with Crippen LogP contribution in [0.25, 0.3) is 10.8 Å². The Hall–Kier alpha value is -3.48. The van der Waals surface area contributed by atoms with Crippen LogP contribution in [0.2, 0.25) is 0 Å². The van der Waals surface area contributed by atoms with Gasteiger partial charge in [-0.15, -0.1) is 0 Å². The van der Waals surface area contributed by atoms with Crippen molar-refractivity contribution in [2.75, 3.05) is 5.32 Å². The quantitative estimate of drug-likeness (QED) is 0.592. The number of benzene rings is 3. The highest BCUT2D eigenvalue weighted by atomic mass is 19.3. The lowest BCUT2D eigenvalue weighted by Gasteiger charge is -2.16. The Morgan fingerprint density at radius 3 is 2.41 bits per heavy atom. The molecule has 0 radical (unpaired) electrons. The summed E-state index contributed by atoms with van der Waals surface area (Å²) >= 11 is 0. The van der Waals surface area contributed by atoms with E-state index in [0.29, 0.717) is 0 Å². The van der Waals surface area contributed by atoms with E-state index in [4.69, 9.17) is 4.74 Å². The van der Waals surface area contributed by atoms with Crippen molar-refractivity contribution < 1.29 is 27.8 Å². The molecule has 3 rings (SSSR count). The number of fused-ring (bicyclic) bond motifs is 1. The summed E-state index contributed by atoms with van der Waals surface area (Å²) < 4.78 is 34.5. The fourth-order valence-electron chi connectivity index (χ4n) is 2.81. The lowest BCUT2D eigenvalue weighted by molar-refractivity contribution is -0.152. The standard InChI is InChI=1S/C22H19F2NO4/c1-14(21(27)25-18-8-4-5-9-19(18)29-22(23)24)28-20(26)13-15-10-11-16-6-2-3-7-17(16)12-15/h2-12,14,22H,13H2,1H3,(H,25,27)/t14-/m1/s1. The number of anilines is 1. The molecule has 3 aromatic carbocycles. The van der Waals surface area contributed by atoms with Crippen LogP contribution in [0.1, 0.15) is 12.5 Å². The molecular weight excluding hydrogens is 380 g/mol. The normalized spacial score (nSPS) is 11.9. The summed E-state index contributed by atoms with van der Waals surface area (Å²) in [6.07, 6.45) is -1.10. The summed E-state index contributed by atoms with van der Waals surface area (Å²) in [5.74, 6) is -1.40. The maximum absolute atomic E-state index is 12.5. The second-order valence-corrected chi connectivity index (χ2v) is 6.35. The molecule has 0 spiro atoms. The summed E-state index contributed by atoms with van der Waals surface area (Å²) in [4.78, 5) is 24.5. The third kappa shape index (κ3) is 5.51. The number of hydrogen-bond donors (Lipinski definition) is 1. The summed E-state index contributed by atoms with van der Waals surface area (Å²) in [6.45, 7) is -1.62. The molecule has 3 aromatic rings. The van der Waals surface area contributed by atoms with Crippen LogP contribution in [0.3, 0.4) is 0 Å². The van der Waals surface area contributed by atoms with Crippen molar-refractivity contribution >= 4 is 28.3 Å². The van der Waals surface area contributed by atoms with E-state index < -0.39 is 24.6 Å². The molecule has 0 bridgehead atoms. The topological polar surface area (TPSA) is 64.6 Å². The highest BCUT2D eigenvalue weighted by molar-refractivity contribution is 5.96. The molecule has 150 valence electrons. The Labute approximate surface area is 166 Å². The minimum Gasteiger partial charge on any atom is -0.452 e. The summed E-state index contributed by atoms with van der Waals surface area (Å²) in [6, 6.07) is 19.2. The Kier molecular flexibility index (Phi) is 6.39. The number of carbonyl (C=O) groups is 2. The Bertz CT molecular complexity index is 1020. The molecule has 0 aliphatic heterocycles. The van der Waals surface area contributed by atoms with Crippen molar-refractivity contribution in [1.82, 2.24) is 0 Å². The van der Waals surface area contributed by atoms with Gasteiger partial charge in [0.15, 0.2) is 6.10 Å². The first-order valence-corrected chi connectivity index (χ1v) is 8.94. The molecule has 29 heavy (non-hydrogen) atoms. The van der Waals surface area contributed by atoms with Crippen molar-refractivity contribution in [3.05, 3.63) is 72.3 Å². The predicted octanol–water partition coefficient (Wildman–Crippen LogP) is 4.55. The summed E-state index contributed by atoms with van der Waals surface area (Å²) in [7, 11) is 0. The largest absolute Gasteiger partial charge is 0.452 e. The molecule has 0 aliphatic rings. The van der Waals surface area contributed by atoms with Crippen LogP contribution in [0.5, 0.6) is 5.75 Å². The van der Waals surface area contributed by atoms with Gasteiger partial charge in [0.2, 0.25) is 0 Å². The van der Waals surface area contributed by atoms with Crippen LogP contribution < -0.4 is 10.1 Å². The van der Waals surface area contributed by atoms with Gasteiger partial charge < -0.3 is 14.8 Å². The zero-order valence-electron chi connectivity index (χ0n) is 15.6. The molecule has 0 aromatic heterocycles. The van der Waals surface area contributed by atoms with Crippen molar-refractivity contribution in [2.24, 2.45) is 0 Å². The molecule has 0 heterocycles. The maximum atomic E-state index is 12.5. The van der Waals surface area contributed by atoms with E-state index >= 15 is 0 Å². The van der Waals surface area contributed by atoms with E-state index in [2.05, 4.69) is 10.1 Å². The monoisotopic (exact) mass is 399 g/mol. The Morgan fingerprint density at radius 1 is 0.966 bits per heavy atom. The minimum absolute atomic E-state index is 0.00748. The molecule has 1 atom stereocenters. The van der Waals surface area contributed by atoms with Crippen LogP contribution in [0.15, 0.2) is 66.7 Å². The third-order valence-electron chi connectivity index (χ3n) is 4.20. The van der Waals surface area contributed by atoms with E-state index in [1.165, 1.54) is 25.1 Å². The lowest BCUT2D eigenvalue weighted by Crippen LogP contribution is -2.30. The van der Waals surface area contributed by atoms with Crippen LogP contribution in [0.4, 0.5) is 14.5 Å². The van der Waals surface area contributed by atoms with Crippen molar-refractivity contribution in [3.8, 4) is 5.75 Å². The van der Waals surface area contributed by atoms with Gasteiger partial charge >= 0.3 is 12.6 Å². The molecule has 0 fully saturated rings. The third-order valence-corrected chi connectivity index (χ3v) is 4.20. The number of amides is 1. The zero-order chi connectivity index (χ0) is 20.8. The average molecular weight is 399 g/mol. The van der Waals surface area contributed by atoms with Gasteiger partial charge in [-0.3, -0.25) is 9.59 Å². The number of carbonyl (C=O) groups excluding carboxylic acids is 2. The van der Waals surface area contributed by atoms with Crippen LogP contribution in [-0.2, 0) is 20.7 Å². The van der Waals surface area contributed by atoms with Crippen molar-refractivity contribution in [2.45, 2.75) is 26.1 Å². The molecule has 7 heteroatoms. The molecule has 1 amide bonds. The second kappa shape index (κ2) is 9.14. The van der Waals surface area contributed by atoms with Crippen LogP contribution in [-0.4, -0.2) is 24.6 Å². The number of alkyl halides is 2. The second-order valence-electron chi connectivity index (χ2n) is 6.35. The van der Waals surface area contributed by atoms with Crippen LogP contribution in [0, 0.1) is 0 Å². The number of nitrogens with one attached hydrogen (secondary N) is 1.